The maximum absolute atomic E-state index is 12.6. The zero-order valence-corrected chi connectivity index (χ0v) is 14.9. The van der Waals surface area contributed by atoms with E-state index in [0.29, 0.717) is 31.7 Å². The van der Waals surface area contributed by atoms with Crippen molar-refractivity contribution in [1.82, 2.24) is 10.2 Å². The lowest BCUT2D eigenvalue weighted by molar-refractivity contribution is -0.138. The summed E-state index contributed by atoms with van der Waals surface area (Å²) in [6, 6.07) is 5.47. The predicted octanol–water partition coefficient (Wildman–Crippen LogP) is 4.42. The van der Waals surface area contributed by atoms with Crippen LogP contribution in [-0.2, 0) is 0 Å². The Balaban J connectivity index is 0.00000288. The van der Waals surface area contributed by atoms with Gasteiger partial charge in [-0.05, 0) is 24.1 Å². The summed E-state index contributed by atoms with van der Waals surface area (Å²) in [5.74, 6) is -0.0374. The van der Waals surface area contributed by atoms with Gasteiger partial charge in [-0.1, -0.05) is 12.1 Å². The molecule has 0 spiro atoms. The van der Waals surface area contributed by atoms with Crippen molar-refractivity contribution in [2.24, 2.45) is 0 Å². The highest BCUT2D eigenvalue weighted by atomic mass is 35.5. The van der Waals surface area contributed by atoms with Gasteiger partial charge in [0.15, 0.2) is 0 Å². The standard InChI is InChI=1S/C15H19F5N2O.2ClH/c16-14(17)23-12-3-1-2-11(10-12)13(4-5-15(18,19)20)22-8-6-21-7-9-22;;/h1-3,10,13-14,21H,4-9H2;2*1H/t13-;;/m1../s1. The van der Waals surface area contributed by atoms with Crippen LogP contribution in [0, 0.1) is 0 Å². The summed E-state index contributed by atoms with van der Waals surface area (Å²) in [6.45, 7) is -0.353. The number of rotatable bonds is 6. The van der Waals surface area contributed by atoms with Gasteiger partial charge < -0.3 is 10.1 Å². The minimum Gasteiger partial charge on any atom is -0.435 e. The van der Waals surface area contributed by atoms with Crippen LogP contribution in [0.15, 0.2) is 24.3 Å². The van der Waals surface area contributed by atoms with Crippen molar-refractivity contribution in [1.29, 1.82) is 0 Å². The number of hydrogen-bond acceptors (Lipinski definition) is 3. The Labute approximate surface area is 155 Å². The van der Waals surface area contributed by atoms with E-state index in [1.54, 1.807) is 6.07 Å². The summed E-state index contributed by atoms with van der Waals surface area (Å²) in [6.07, 6.45) is -5.27. The van der Waals surface area contributed by atoms with Gasteiger partial charge in [0.25, 0.3) is 0 Å². The van der Waals surface area contributed by atoms with Crippen molar-refractivity contribution in [3.05, 3.63) is 29.8 Å². The maximum atomic E-state index is 12.6. The first-order valence-electron chi connectivity index (χ1n) is 7.41. The lowest BCUT2D eigenvalue weighted by Crippen LogP contribution is -2.45. The monoisotopic (exact) mass is 410 g/mol. The van der Waals surface area contributed by atoms with Crippen LogP contribution < -0.4 is 10.1 Å². The number of ether oxygens (including phenoxy) is 1. The molecule has 1 fully saturated rings. The van der Waals surface area contributed by atoms with Crippen molar-refractivity contribution in [2.45, 2.75) is 31.7 Å². The van der Waals surface area contributed by atoms with Gasteiger partial charge in [-0.25, -0.2) is 0 Å². The molecule has 1 atom stereocenters. The second kappa shape index (κ2) is 11.0. The lowest BCUT2D eigenvalue weighted by Gasteiger charge is -2.35. The van der Waals surface area contributed by atoms with Gasteiger partial charge in [0.05, 0.1) is 0 Å². The van der Waals surface area contributed by atoms with E-state index in [0.717, 1.165) is 0 Å². The molecule has 3 nitrogen and oxygen atoms in total. The number of hydrogen-bond donors (Lipinski definition) is 1. The molecule has 0 saturated carbocycles. The molecule has 0 radical (unpaired) electrons. The Kier molecular flexibility index (Phi) is 10.6. The van der Waals surface area contributed by atoms with Gasteiger partial charge in [-0.2, -0.15) is 22.0 Å². The van der Waals surface area contributed by atoms with Gasteiger partial charge in [0.1, 0.15) is 5.75 Å². The van der Waals surface area contributed by atoms with Crippen LogP contribution in [0.4, 0.5) is 22.0 Å². The minimum atomic E-state index is -4.25. The molecule has 1 N–H and O–H groups in total. The Morgan fingerprint density at radius 1 is 1.12 bits per heavy atom. The van der Waals surface area contributed by atoms with E-state index in [1.807, 2.05) is 4.90 Å². The highest BCUT2D eigenvalue weighted by Gasteiger charge is 2.31. The van der Waals surface area contributed by atoms with Crippen molar-refractivity contribution in [2.75, 3.05) is 26.2 Å². The summed E-state index contributed by atoms with van der Waals surface area (Å²) in [4.78, 5) is 1.95. The van der Waals surface area contributed by atoms with Crippen LogP contribution in [0.1, 0.15) is 24.4 Å². The summed E-state index contributed by atoms with van der Waals surface area (Å²) in [7, 11) is 0. The van der Waals surface area contributed by atoms with Crippen LogP contribution in [0.25, 0.3) is 0 Å². The van der Waals surface area contributed by atoms with E-state index in [4.69, 9.17) is 0 Å². The summed E-state index contributed by atoms with van der Waals surface area (Å²) in [5.41, 5.74) is 0.564. The molecule has 1 aliphatic rings. The van der Waals surface area contributed by atoms with Gasteiger partial charge in [-0.3, -0.25) is 4.90 Å². The van der Waals surface area contributed by atoms with Crippen LogP contribution in [0.3, 0.4) is 0 Å². The smallest absolute Gasteiger partial charge is 0.389 e. The number of nitrogens with one attached hydrogen (secondary N) is 1. The molecule has 0 unspecified atom stereocenters. The summed E-state index contributed by atoms with van der Waals surface area (Å²) in [5, 5.41) is 3.14. The molecule has 0 aromatic heterocycles. The SMILES string of the molecule is Cl.Cl.FC(F)Oc1cccc([C@@H](CCC(F)(F)F)N2CCNCC2)c1. The van der Waals surface area contributed by atoms with Crippen LogP contribution in [0.2, 0.25) is 0 Å². The Hall–Kier alpha value is -0.830. The zero-order valence-electron chi connectivity index (χ0n) is 13.3. The lowest BCUT2D eigenvalue weighted by atomic mass is 9.99. The first-order valence-corrected chi connectivity index (χ1v) is 7.41. The van der Waals surface area contributed by atoms with Gasteiger partial charge in [-0.15, -0.1) is 24.8 Å². The second-order valence-electron chi connectivity index (χ2n) is 5.41. The molecular formula is C15H21Cl2F5N2O. The van der Waals surface area contributed by atoms with Crippen molar-refractivity contribution < 1.29 is 26.7 Å². The van der Waals surface area contributed by atoms with Crippen LogP contribution in [-0.4, -0.2) is 43.9 Å². The predicted molar refractivity (Wildman–Crippen MR) is 90.0 cm³/mol. The molecule has 1 aromatic carbocycles. The van der Waals surface area contributed by atoms with Gasteiger partial charge in [0.2, 0.25) is 0 Å². The average Bonchev–Trinajstić information content (AvgIpc) is 2.47. The molecular weight excluding hydrogens is 390 g/mol. The van der Waals surface area contributed by atoms with Crippen LogP contribution in [0.5, 0.6) is 5.75 Å². The number of nitrogens with zero attached hydrogens (tertiary/aromatic N) is 1. The summed E-state index contributed by atoms with van der Waals surface area (Å²) < 4.78 is 66.8. The highest BCUT2D eigenvalue weighted by Crippen LogP contribution is 2.33. The number of benzene rings is 1. The van der Waals surface area contributed by atoms with Gasteiger partial charge in [0, 0.05) is 38.6 Å². The normalized spacial score (nSPS) is 16.7. The fraction of sp³-hybridized carbons (Fsp3) is 0.600. The number of piperazine rings is 1. The Morgan fingerprint density at radius 2 is 1.76 bits per heavy atom. The van der Waals surface area contributed by atoms with E-state index in [2.05, 4.69) is 10.1 Å². The molecule has 0 bridgehead atoms. The molecule has 10 heteroatoms. The maximum Gasteiger partial charge on any atom is 0.389 e. The first kappa shape index (κ1) is 24.2. The van der Waals surface area contributed by atoms with E-state index >= 15 is 0 Å². The Morgan fingerprint density at radius 3 is 2.32 bits per heavy atom. The van der Waals surface area contributed by atoms with Crippen molar-refractivity contribution in [3.63, 3.8) is 0 Å². The van der Waals surface area contributed by atoms with E-state index < -0.39 is 25.3 Å². The number of halogens is 7. The molecule has 25 heavy (non-hydrogen) atoms. The van der Waals surface area contributed by atoms with Gasteiger partial charge >= 0.3 is 12.8 Å². The molecule has 1 aliphatic heterocycles. The molecule has 1 heterocycles. The molecule has 1 saturated heterocycles. The largest absolute Gasteiger partial charge is 0.435 e. The average molecular weight is 411 g/mol. The van der Waals surface area contributed by atoms with E-state index in [9.17, 15) is 22.0 Å². The topological polar surface area (TPSA) is 24.5 Å². The first-order chi connectivity index (χ1) is 10.8. The fourth-order valence-corrected chi connectivity index (χ4v) is 2.75. The zero-order chi connectivity index (χ0) is 16.9. The highest BCUT2D eigenvalue weighted by molar-refractivity contribution is 5.85. The minimum absolute atomic E-state index is 0. The van der Waals surface area contributed by atoms with Crippen molar-refractivity contribution >= 4 is 24.8 Å². The molecule has 0 aliphatic carbocycles. The molecule has 146 valence electrons. The fourth-order valence-electron chi connectivity index (χ4n) is 2.75. The third-order valence-electron chi connectivity index (χ3n) is 3.76. The molecule has 2 rings (SSSR count). The number of alkyl halides is 5. The van der Waals surface area contributed by atoms with E-state index in [-0.39, 0.29) is 37.0 Å². The third kappa shape index (κ3) is 8.40. The van der Waals surface area contributed by atoms with Crippen molar-refractivity contribution in [3.8, 4) is 5.75 Å². The third-order valence-corrected chi connectivity index (χ3v) is 3.76. The van der Waals surface area contributed by atoms with E-state index in [1.165, 1.54) is 18.2 Å². The summed E-state index contributed by atoms with van der Waals surface area (Å²) >= 11 is 0. The quantitative estimate of drug-likeness (QED) is 0.702. The Bertz CT molecular complexity index is 499. The molecule has 0 amide bonds. The molecule has 1 aromatic rings. The second-order valence-corrected chi connectivity index (χ2v) is 5.41. The van der Waals surface area contributed by atoms with Crippen LogP contribution >= 0.6 is 24.8 Å².